The second kappa shape index (κ2) is 7.57. The fraction of sp³-hybridized carbons (Fsp3) is 0.400. The molecule has 0 radical (unpaired) electrons. The predicted molar refractivity (Wildman–Crippen MR) is 75.9 cm³/mol. The van der Waals surface area contributed by atoms with Crippen molar-refractivity contribution in [3.05, 3.63) is 35.4 Å². The summed E-state index contributed by atoms with van der Waals surface area (Å²) in [7, 11) is 5.74. The number of carbonyl (C=O) groups excluding carboxylic acids is 1. The third-order valence-electron chi connectivity index (χ3n) is 2.65. The first kappa shape index (κ1) is 15.2. The van der Waals surface area contributed by atoms with Crippen molar-refractivity contribution in [1.29, 1.82) is 0 Å². The molecule has 19 heavy (non-hydrogen) atoms. The van der Waals surface area contributed by atoms with E-state index in [1.165, 1.54) is 0 Å². The number of nitrogens with zero attached hydrogens (tertiary/aromatic N) is 2. The Bertz CT molecular complexity index is 486. The Balaban J connectivity index is 2.76. The fourth-order valence-electron chi connectivity index (χ4n) is 1.54. The van der Waals surface area contributed by atoms with Crippen molar-refractivity contribution in [2.75, 3.05) is 40.8 Å². The van der Waals surface area contributed by atoms with E-state index in [-0.39, 0.29) is 12.5 Å². The van der Waals surface area contributed by atoms with Crippen molar-refractivity contribution < 1.29 is 9.90 Å². The van der Waals surface area contributed by atoms with E-state index in [0.29, 0.717) is 12.1 Å². The molecule has 4 nitrogen and oxygen atoms in total. The molecule has 1 amide bonds. The smallest absolute Gasteiger partial charge is 0.253 e. The number of hydrogen-bond acceptors (Lipinski definition) is 3. The molecule has 1 N–H and O–H groups in total. The lowest BCUT2D eigenvalue weighted by Crippen LogP contribution is -2.33. The molecule has 0 aromatic heterocycles. The maximum atomic E-state index is 12.2. The van der Waals surface area contributed by atoms with E-state index in [4.69, 9.17) is 5.11 Å². The van der Waals surface area contributed by atoms with Crippen molar-refractivity contribution in [2.45, 2.75) is 0 Å². The van der Waals surface area contributed by atoms with Gasteiger partial charge in [-0.25, -0.2) is 0 Å². The predicted octanol–water partition coefficient (Wildman–Crippen LogP) is 0.664. The van der Waals surface area contributed by atoms with Crippen LogP contribution in [0.3, 0.4) is 0 Å². The summed E-state index contributed by atoms with van der Waals surface area (Å²) in [5.41, 5.74) is 1.35. The van der Waals surface area contributed by atoms with Gasteiger partial charge in [-0.05, 0) is 32.3 Å². The largest absolute Gasteiger partial charge is 0.384 e. The zero-order valence-electron chi connectivity index (χ0n) is 11.7. The molecular weight excluding hydrogens is 240 g/mol. The zero-order chi connectivity index (χ0) is 14.3. The molecule has 0 fully saturated rings. The molecule has 102 valence electrons. The fourth-order valence-corrected chi connectivity index (χ4v) is 1.54. The monoisotopic (exact) mass is 260 g/mol. The number of carbonyl (C=O) groups is 1. The van der Waals surface area contributed by atoms with Crippen molar-refractivity contribution in [1.82, 2.24) is 9.80 Å². The number of rotatable bonds is 4. The van der Waals surface area contributed by atoms with Crippen LogP contribution in [0.15, 0.2) is 24.3 Å². The van der Waals surface area contributed by atoms with E-state index in [0.717, 1.165) is 12.1 Å². The lowest BCUT2D eigenvalue weighted by molar-refractivity contribution is 0.0786. The molecule has 0 bridgehead atoms. The second-order valence-corrected chi connectivity index (χ2v) is 4.57. The normalized spacial score (nSPS) is 9.95. The van der Waals surface area contributed by atoms with Gasteiger partial charge in [0.25, 0.3) is 5.91 Å². The Morgan fingerprint density at radius 2 is 2.00 bits per heavy atom. The zero-order valence-corrected chi connectivity index (χ0v) is 11.7. The van der Waals surface area contributed by atoms with Gasteiger partial charge in [-0.3, -0.25) is 4.79 Å². The highest BCUT2D eigenvalue weighted by atomic mass is 16.2. The highest BCUT2D eigenvalue weighted by Gasteiger charge is 2.11. The van der Waals surface area contributed by atoms with Crippen LogP contribution < -0.4 is 0 Å². The molecule has 1 aromatic carbocycles. The second-order valence-electron chi connectivity index (χ2n) is 4.57. The van der Waals surface area contributed by atoms with Gasteiger partial charge in [-0.2, -0.15) is 0 Å². The molecular formula is C15H20N2O2. The average molecular weight is 260 g/mol. The van der Waals surface area contributed by atoms with Crippen LogP contribution in [0.2, 0.25) is 0 Å². The number of hydrogen-bond donors (Lipinski definition) is 1. The Morgan fingerprint density at radius 3 is 2.63 bits per heavy atom. The SMILES string of the molecule is CN(C)CCN(C)C(=O)c1cccc(C#CCO)c1. The molecule has 0 saturated carbocycles. The summed E-state index contributed by atoms with van der Waals surface area (Å²) in [5, 5.41) is 8.66. The molecule has 0 heterocycles. The molecule has 0 aliphatic heterocycles. The average Bonchev–Trinajstić information content (AvgIpc) is 2.41. The van der Waals surface area contributed by atoms with Crippen molar-refractivity contribution in [2.24, 2.45) is 0 Å². The van der Waals surface area contributed by atoms with Crippen molar-refractivity contribution >= 4 is 5.91 Å². The topological polar surface area (TPSA) is 43.8 Å². The third kappa shape index (κ3) is 5.12. The highest BCUT2D eigenvalue weighted by Crippen LogP contribution is 2.07. The maximum Gasteiger partial charge on any atom is 0.253 e. The molecule has 0 saturated heterocycles. The molecule has 1 rings (SSSR count). The minimum absolute atomic E-state index is 0.0190. The number of amides is 1. The van der Waals surface area contributed by atoms with Gasteiger partial charge in [0.1, 0.15) is 6.61 Å². The summed E-state index contributed by atoms with van der Waals surface area (Å²) in [6.45, 7) is 1.32. The van der Waals surface area contributed by atoms with Crippen LogP contribution in [-0.4, -0.2) is 61.7 Å². The van der Waals surface area contributed by atoms with Gasteiger partial charge >= 0.3 is 0 Å². The van der Waals surface area contributed by atoms with Crippen LogP contribution in [0, 0.1) is 11.8 Å². The molecule has 4 heteroatoms. The number of benzene rings is 1. The molecule has 1 aromatic rings. The number of aliphatic hydroxyl groups is 1. The summed E-state index contributed by atoms with van der Waals surface area (Å²) in [6.07, 6.45) is 0. The molecule has 0 unspecified atom stereocenters. The molecule has 0 aliphatic rings. The van der Waals surface area contributed by atoms with Crippen molar-refractivity contribution in [3.63, 3.8) is 0 Å². The Kier molecular flexibility index (Phi) is 6.07. The van der Waals surface area contributed by atoms with E-state index < -0.39 is 0 Å². The Labute approximate surface area is 114 Å². The first-order valence-corrected chi connectivity index (χ1v) is 6.14. The van der Waals surface area contributed by atoms with E-state index in [1.54, 1.807) is 30.1 Å². The first-order chi connectivity index (χ1) is 9.04. The van der Waals surface area contributed by atoms with E-state index in [2.05, 4.69) is 11.8 Å². The highest BCUT2D eigenvalue weighted by molar-refractivity contribution is 5.94. The quantitative estimate of drug-likeness (QED) is 0.809. The van der Waals surface area contributed by atoms with Crippen LogP contribution in [0.4, 0.5) is 0 Å². The van der Waals surface area contributed by atoms with Gasteiger partial charge in [-0.1, -0.05) is 17.9 Å². The summed E-state index contributed by atoms with van der Waals surface area (Å²) < 4.78 is 0. The van der Waals surface area contributed by atoms with Crippen molar-refractivity contribution in [3.8, 4) is 11.8 Å². The number of likely N-dealkylation sites (N-methyl/N-ethyl adjacent to an activating group) is 2. The van der Waals surface area contributed by atoms with E-state index >= 15 is 0 Å². The summed E-state index contributed by atoms with van der Waals surface area (Å²) in [6, 6.07) is 7.14. The lowest BCUT2D eigenvalue weighted by atomic mass is 10.1. The molecule has 0 spiro atoms. The minimum atomic E-state index is -0.180. The Morgan fingerprint density at radius 1 is 1.26 bits per heavy atom. The first-order valence-electron chi connectivity index (χ1n) is 6.14. The lowest BCUT2D eigenvalue weighted by Gasteiger charge is -2.19. The van der Waals surface area contributed by atoms with Gasteiger partial charge in [0, 0.05) is 31.3 Å². The summed E-state index contributed by atoms with van der Waals surface area (Å²) in [4.78, 5) is 15.9. The Hall–Kier alpha value is -1.83. The maximum absolute atomic E-state index is 12.2. The van der Waals surface area contributed by atoms with Crippen LogP contribution >= 0.6 is 0 Å². The van der Waals surface area contributed by atoms with Gasteiger partial charge < -0.3 is 14.9 Å². The molecule has 0 atom stereocenters. The summed E-state index contributed by atoms with van der Waals surface area (Å²) in [5.74, 6) is 5.35. The molecule has 0 aliphatic carbocycles. The number of aliphatic hydroxyl groups excluding tert-OH is 1. The van der Waals surface area contributed by atoms with Crippen LogP contribution in [-0.2, 0) is 0 Å². The summed E-state index contributed by atoms with van der Waals surface area (Å²) >= 11 is 0. The van der Waals surface area contributed by atoms with E-state index in [1.807, 2.05) is 25.1 Å². The van der Waals surface area contributed by atoms with Crippen LogP contribution in [0.1, 0.15) is 15.9 Å². The standard InChI is InChI=1S/C15H20N2O2/c1-16(2)9-10-17(3)15(19)14-8-4-6-13(12-14)7-5-11-18/h4,6,8,12,18H,9-11H2,1-3H3. The van der Waals surface area contributed by atoms with Gasteiger partial charge in [0.2, 0.25) is 0 Å². The third-order valence-corrected chi connectivity index (χ3v) is 2.65. The van der Waals surface area contributed by atoms with Crippen LogP contribution in [0.25, 0.3) is 0 Å². The van der Waals surface area contributed by atoms with E-state index in [9.17, 15) is 4.79 Å². The van der Waals surface area contributed by atoms with Crippen LogP contribution in [0.5, 0.6) is 0 Å². The minimum Gasteiger partial charge on any atom is -0.384 e. The van der Waals surface area contributed by atoms with Gasteiger partial charge in [0.05, 0.1) is 0 Å². The van der Waals surface area contributed by atoms with Gasteiger partial charge in [-0.15, -0.1) is 0 Å². The van der Waals surface area contributed by atoms with Gasteiger partial charge in [0.15, 0.2) is 0 Å².